The Balaban J connectivity index is 1.44. The van der Waals surface area contributed by atoms with Crippen molar-refractivity contribution in [2.75, 3.05) is 37.6 Å². The summed E-state index contributed by atoms with van der Waals surface area (Å²) in [5.74, 6) is 0.474. The number of anilines is 1. The van der Waals surface area contributed by atoms with Crippen molar-refractivity contribution in [1.29, 1.82) is 0 Å². The summed E-state index contributed by atoms with van der Waals surface area (Å²) in [6, 6.07) is 18.3. The lowest BCUT2D eigenvalue weighted by Gasteiger charge is -2.39. The van der Waals surface area contributed by atoms with Gasteiger partial charge in [-0.25, -0.2) is 17.5 Å². The third-order valence-corrected chi connectivity index (χ3v) is 6.78. The van der Waals surface area contributed by atoms with Crippen LogP contribution in [0.3, 0.4) is 0 Å². The third kappa shape index (κ3) is 4.72. The van der Waals surface area contributed by atoms with Gasteiger partial charge in [0.25, 0.3) is 0 Å². The van der Waals surface area contributed by atoms with E-state index < -0.39 is 10.0 Å². The van der Waals surface area contributed by atoms with Crippen LogP contribution in [-0.2, 0) is 10.0 Å². The number of furan rings is 1. The van der Waals surface area contributed by atoms with E-state index in [1.54, 1.807) is 48.7 Å². The van der Waals surface area contributed by atoms with E-state index in [0.29, 0.717) is 0 Å². The van der Waals surface area contributed by atoms with Gasteiger partial charge in [-0.1, -0.05) is 18.2 Å². The van der Waals surface area contributed by atoms with E-state index in [0.717, 1.165) is 37.6 Å². The van der Waals surface area contributed by atoms with E-state index in [9.17, 15) is 12.8 Å². The number of halogens is 1. The third-order valence-electron chi connectivity index (χ3n) is 5.34. The highest BCUT2D eigenvalue weighted by molar-refractivity contribution is 7.89. The van der Waals surface area contributed by atoms with Crippen LogP contribution in [0.4, 0.5) is 10.1 Å². The SMILES string of the molecule is O=S(=O)(NCC(c1ccco1)N1CCN(c2ccc(F)cc2)CC1)c1ccccc1. The molecule has 0 spiro atoms. The summed E-state index contributed by atoms with van der Waals surface area (Å²) in [5.41, 5.74) is 0.982. The number of sulfonamides is 1. The highest BCUT2D eigenvalue weighted by Crippen LogP contribution is 2.25. The molecule has 1 aliphatic heterocycles. The highest BCUT2D eigenvalue weighted by atomic mass is 32.2. The Hall–Kier alpha value is -2.68. The Kier molecular flexibility index (Phi) is 6.17. The Morgan fingerprint density at radius 2 is 1.63 bits per heavy atom. The normalized spacial score (nSPS) is 16.5. The topological polar surface area (TPSA) is 65.8 Å². The van der Waals surface area contributed by atoms with Crippen LogP contribution in [0.2, 0.25) is 0 Å². The van der Waals surface area contributed by atoms with Gasteiger partial charge in [-0.3, -0.25) is 4.90 Å². The smallest absolute Gasteiger partial charge is 0.240 e. The fourth-order valence-electron chi connectivity index (χ4n) is 3.71. The van der Waals surface area contributed by atoms with Crippen molar-refractivity contribution in [1.82, 2.24) is 9.62 Å². The van der Waals surface area contributed by atoms with Gasteiger partial charge in [-0.15, -0.1) is 0 Å². The summed E-state index contributed by atoms with van der Waals surface area (Å²) < 4.78 is 46.8. The van der Waals surface area contributed by atoms with Gasteiger partial charge in [-0.2, -0.15) is 0 Å². The van der Waals surface area contributed by atoms with Gasteiger partial charge in [0.05, 0.1) is 17.2 Å². The van der Waals surface area contributed by atoms with Crippen LogP contribution in [0.25, 0.3) is 0 Å². The van der Waals surface area contributed by atoms with Crippen LogP contribution in [0.15, 0.2) is 82.3 Å². The molecule has 30 heavy (non-hydrogen) atoms. The van der Waals surface area contributed by atoms with Crippen molar-refractivity contribution in [2.45, 2.75) is 10.9 Å². The first-order valence-electron chi connectivity index (χ1n) is 9.85. The summed E-state index contributed by atoms with van der Waals surface area (Å²) >= 11 is 0. The van der Waals surface area contributed by atoms with Gasteiger partial charge in [0.2, 0.25) is 10.0 Å². The first-order valence-corrected chi connectivity index (χ1v) is 11.3. The monoisotopic (exact) mass is 429 g/mol. The number of hydrogen-bond acceptors (Lipinski definition) is 5. The van der Waals surface area contributed by atoms with Gasteiger partial charge in [0, 0.05) is 38.4 Å². The molecule has 1 aromatic heterocycles. The summed E-state index contributed by atoms with van der Waals surface area (Å²) in [5, 5.41) is 0. The molecule has 0 aliphatic carbocycles. The Bertz CT molecular complexity index is 1030. The number of nitrogens with zero attached hydrogens (tertiary/aromatic N) is 2. The van der Waals surface area contributed by atoms with Gasteiger partial charge in [0.1, 0.15) is 11.6 Å². The van der Waals surface area contributed by atoms with E-state index in [-0.39, 0.29) is 23.3 Å². The lowest BCUT2D eigenvalue weighted by atomic mass is 10.1. The number of hydrogen-bond donors (Lipinski definition) is 1. The maximum atomic E-state index is 13.2. The van der Waals surface area contributed by atoms with Crippen LogP contribution in [0, 0.1) is 5.82 Å². The summed E-state index contributed by atoms with van der Waals surface area (Å²) in [7, 11) is -3.61. The summed E-state index contributed by atoms with van der Waals surface area (Å²) in [6.07, 6.45) is 1.60. The van der Waals surface area contributed by atoms with E-state index >= 15 is 0 Å². The molecule has 3 aromatic rings. The van der Waals surface area contributed by atoms with Crippen LogP contribution in [0.5, 0.6) is 0 Å². The van der Waals surface area contributed by atoms with Crippen LogP contribution in [-0.4, -0.2) is 46.0 Å². The van der Waals surface area contributed by atoms with Crippen molar-refractivity contribution in [3.05, 3.63) is 84.6 Å². The molecule has 1 N–H and O–H groups in total. The molecule has 1 saturated heterocycles. The molecule has 0 amide bonds. The molecule has 1 atom stereocenters. The first-order chi connectivity index (χ1) is 14.5. The predicted molar refractivity (Wildman–Crippen MR) is 113 cm³/mol. The second kappa shape index (κ2) is 8.99. The maximum Gasteiger partial charge on any atom is 0.240 e. The fraction of sp³-hybridized carbons (Fsp3) is 0.273. The number of benzene rings is 2. The van der Waals surface area contributed by atoms with Crippen molar-refractivity contribution in [3.63, 3.8) is 0 Å². The summed E-state index contributed by atoms with van der Waals surface area (Å²) in [4.78, 5) is 4.65. The molecular weight excluding hydrogens is 405 g/mol. The van der Waals surface area contributed by atoms with Crippen molar-refractivity contribution >= 4 is 15.7 Å². The van der Waals surface area contributed by atoms with Gasteiger partial charge < -0.3 is 9.32 Å². The number of piperazine rings is 1. The molecule has 2 heterocycles. The average Bonchev–Trinajstić information content (AvgIpc) is 3.30. The predicted octanol–water partition coefficient (Wildman–Crippen LogP) is 3.26. The molecule has 6 nitrogen and oxygen atoms in total. The lowest BCUT2D eigenvalue weighted by molar-refractivity contribution is 0.166. The molecule has 0 radical (unpaired) electrons. The Morgan fingerprint density at radius 1 is 0.933 bits per heavy atom. The van der Waals surface area contributed by atoms with Gasteiger partial charge in [-0.05, 0) is 48.5 Å². The Morgan fingerprint density at radius 3 is 2.27 bits per heavy atom. The second-order valence-corrected chi connectivity index (χ2v) is 8.96. The van der Waals surface area contributed by atoms with E-state index in [4.69, 9.17) is 4.42 Å². The van der Waals surface area contributed by atoms with E-state index in [2.05, 4.69) is 14.5 Å². The molecule has 158 valence electrons. The average molecular weight is 430 g/mol. The fourth-order valence-corrected chi connectivity index (χ4v) is 4.77. The van der Waals surface area contributed by atoms with Gasteiger partial charge in [0.15, 0.2) is 0 Å². The molecule has 1 aliphatic rings. The molecule has 1 unspecified atom stereocenters. The number of nitrogens with one attached hydrogen (secondary N) is 1. The largest absolute Gasteiger partial charge is 0.468 e. The standard InChI is InChI=1S/C22H24FN3O3S/c23-18-8-10-19(11-9-18)25-12-14-26(15-13-25)21(22-7-4-16-29-22)17-24-30(27,28)20-5-2-1-3-6-20/h1-11,16,21,24H,12-15,17H2. The highest BCUT2D eigenvalue weighted by Gasteiger charge is 2.28. The minimum Gasteiger partial charge on any atom is -0.468 e. The maximum absolute atomic E-state index is 13.2. The molecule has 0 bridgehead atoms. The van der Waals surface area contributed by atoms with Gasteiger partial charge >= 0.3 is 0 Å². The molecule has 8 heteroatoms. The molecule has 0 saturated carbocycles. The van der Waals surface area contributed by atoms with Crippen molar-refractivity contribution < 1.29 is 17.2 Å². The molecule has 1 fully saturated rings. The Labute approximate surface area is 176 Å². The zero-order chi connectivity index (χ0) is 21.0. The lowest BCUT2D eigenvalue weighted by Crippen LogP contribution is -2.49. The summed E-state index contributed by atoms with van der Waals surface area (Å²) in [6.45, 7) is 3.19. The molecular formula is C22H24FN3O3S. The molecule has 2 aromatic carbocycles. The van der Waals surface area contributed by atoms with E-state index in [1.807, 2.05) is 12.1 Å². The first kappa shape index (κ1) is 20.6. The van der Waals surface area contributed by atoms with Crippen molar-refractivity contribution in [3.8, 4) is 0 Å². The van der Waals surface area contributed by atoms with Crippen molar-refractivity contribution in [2.24, 2.45) is 0 Å². The van der Waals surface area contributed by atoms with Crippen LogP contribution in [0.1, 0.15) is 11.8 Å². The zero-order valence-electron chi connectivity index (χ0n) is 16.4. The minimum absolute atomic E-state index is 0.210. The minimum atomic E-state index is -3.61. The quantitative estimate of drug-likeness (QED) is 0.625. The number of rotatable bonds is 7. The second-order valence-electron chi connectivity index (χ2n) is 7.20. The molecule has 4 rings (SSSR count). The van der Waals surface area contributed by atoms with E-state index in [1.165, 1.54) is 12.1 Å². The zero-order valence-corrected chi connectivity index (χ0v) is 17.3. The van der Waals surface area contributed by atoms with Crippen LogP contribution < -0.4 is 9.62 Å². The van der Waals surface area contributed by atoms with Crippen LogP contribution >= 0.6 is 0 Å².